The molecular formula is C19H21F4IN4O. The lowest BCUT2D eigenvalue weighted by atomic mass is 10.1. The molecule has 0 saturated carbocycles. The first kappa shape index (κ1) is 24.7. The highest BCUT2D eigenvalue weighted by molar-refractivity contribution is 14.0. The number of guanidine groups is 1. The zero-order chi connectivity index (χ0) is 20.7. The first-order valence-corrected chi connectivity index (χ1v) is 8.35. The van der Waals surface area contributed by atoms with Gasteiger partial charge in [0.25, 0.3) is 5.91 Å². The normalized spacial score (nSPS) is 11.4. The van der Waals surface area contributed by atoms with Crippen molar-refractivity contribution in [2.24, 2.45) is 4.99 Å². The number of nitrogens with zero attached hydrogens (tertiary/aromatic N) is 1. The highest BCUT2D eigenvalue weighted by Gasteiger charge is 2.33. The maximum absolute atomic E-state index is 13.2. The smallest absolute Gasteiger partial charge is 0.355 e. The minimum Gasteiger partial charge on any atom is -0.355 e. The third kappa shape index (κ3) is 7.18. The molecule has 2 rings (SSSR count). The van der Waals surface area contributed by atoms with Crippen molar-refractivity contribution in [2.45, 2.75) is 19.3 Å². The number of hydrogen-bond donors (Lipinski definition) is 3. The van der Waals surface area contributed by atoms with Gasteiger partial charge in [-0.25, -0.2) is 4.39 Å². The van der Waals surface area contributed by atoms with E-state index in [1.165, 1.54) is 7.05 Å². The van der Waals surface area contributed by atoms with E-state index in [0.29, 0.717) is 18.2 Å². The number of benzene rings is 2. The Morgan fingerprint density at radius 3 is 2.21 bits per heavy atom. The van der Waals surface area contributed by atoms with E-state index in [0.717, 1.165) is 17.7 Å². The molecule has 3 N–H and O–H groups in total. The van der Waals surface area contributed by atoms with E-state index in [1.807, 2.05) is 0 Å². The van der Waals surface area contributed by atoms with Gasteiger partial charge >= 0.3 is 6.18 Å². The fraction of sp³-hybridized carbons (Fsp3) is 0.263. The summed E-state index contributed by atoms with van der Waals surface area (Å²) >= 11 is 0. The van der Waals surface area contributed by atoms with Crippen LogP contribution in [0.1, 0.15) is 27.0 Å². The highest BCUT2D eigenvalue weighted by Crippen LogP contribution is 2.32. The number of hydrogen-bond acceptors (Lipinski definition) is 2. The second kappa shape index (κ2) is 11.0. The van der Waals surface area contributed by atoms with E-state index < -0.39 is 17.6 Å². The molecule has 2 aromatic carbocycles. The molecule has 2 aromatic rings. The Kier molecular flexibility index (Phi) is 9.34. The zero-order valence-electron chi connectivity index (χ0n) is 15.7. The van der Waals surface area contributed by atoms with Gasteiger partial charge in [-0.05, 0) is 35.4 Å². The van der Waals surface area contributed by atoms with Crippen LogP contribution in [0.15, 0.2) is 47.5 Å². The van der Waals surface area contributed by atoms with Crippen LogP contribution in [-0.2, 0) is 19.3 Å². The van der Waals surface area contributed by atoms with Crippen LogP contribution < -0.4 is 16.0 Å². The van der Waals surface area contributed by atoms with Gasteiger partial charge in [0.2, 0.25) is 0 Å². The molecule has 0 spiro atoms. The zero-order valence-corrected chi connectivity index (χ0v) is 18.1. The molecule has 5 nitrogen and oxygen atoms in total. The van der Waals surface area contributed by atoms with Crippen molar-refractivity contribution in [2.75, 3.05) is 14.1 Å². The fourth-order valence-corrected chi connectivity index (χ4v) is 2.47. The molecule has 0 radical (unpaired) electrons. The molecule has 158 valence electrons. The van der Waals surface area contributed by atoms with Gasteiger partial charge in [0, 0.05) is 32.7 Å². The third-order valence-corrected chi connectivity index (χ3v) is 3.95. The van der Waals surface area contributed by atoms with Crippen LogP contribution in [0.4, 0.5) is 17.6 Å². The second-order valence-electron chi connectivity index (χ2n) is 5.85. The molecule has 0 atom stereocenters. The van der Waals surface area contributed by atoms with Gasteiger partial charge in [-0.1, -0.05) is 18.2 Å². The summed E-state index contributed by atoms with van der Waals surface area (Å²) < 4.78 is 52.3. The van der Waals surface area contributed by atoms with E-state index in [-0.39, 0.29) is 48.0 Å². The average molecular weight is 524 g/mol. The average Bonchev–Trinajstić information content (AvgIpc) is 2.68. The summed E-state index contributed by atoms with van der Waals surface area (Å²) in [6.07, 6.45) is -4.65. The van der Waals surface area contributed by atoms with Crippen LogP contribution in [0.3, 0.4) is 0 Å². The minimum absolute atomic E-state index is 0. The van der Waals surface area contributed by atoms with E-state index in [2.05, 4.69) is 20.9 Å². The Labute approximate surface area is 183 Å². The SMILES string of the molecule is CN=C(NCc1ccc(C(=O)NC)cc1)NCc1ccc(F)cc1C(F)(F)F.I. The predicted octanol–water partition coefficient (Wildman–Crippen LogP) is 3.69. The molecule has 0 aromatic heterocycles. The van der Waals surface area contributed by atoms with Crippen LogP contribution >= 0.6 is 24.0 Å². The Bertz CT molecular complexity index is 854. The third-order valence-electron chi connectivity index (χ3n) is 3.95. The number of halogens is 5. The number of alkyl halides is 3. The number of carbonyl (C=O) groups excluding carboxylic acids is 1. The lowest BCUT2D eigenvalue weighted by Crippen LogP contribution is -2.36. The number of nitrogens with one attached hydrogen (secondary N) is 3. The Balaban J connectivity index is 0.00000420. The van der Waals surface area contributed by atoms with E-state index in [1.54, 1.807) is 31.3 Å². The number of carbonyl (C=O) groups is 1. The molecule has 10 heteroatoms. The molecule has 29 heavy (non-hydrogen) atoms. The summed E-state index contributed by atoms with van der Waals surface area (Å²) in [5.41, 5.74) is 0.255. The molecule has 0 bridgehead atoms. The first-order valence-electron chi connectivity index (χ1n) is 8.35. The summed E-state index contributed by atoms with van der Waals surface area (Å²) in [5, 5.41) is 8.27. The number of aliphatic imine (C=N–C) groups is 1. The van der Waals surface area contributed by atoms with Crippen LogP contribution in [0.5, 0.6) is 0 Å². The molecule has 0 fully saturated rings. The lowest BCUT2D eigenvalue weighted by Gasteiger charge is -2.16. The van der Waals surface area contributed by atoms with Crippen molar-refractivity contribution in [3.63, 3.8) is 0 Å². The number of rotatable bonds is 5. The van der Waals surface area contributed by atoms with Crippen molar-refractivity contribution >= 4 is 35.8 Å². The molecule has 0 aliphatic rings. The quantitative estimate of drug-likeness (QED) is 0.242. The maximum Gasteiger partial charge on any atom is 0.416 e. The summed E-state index contributed by atoms with van der Waals surface area (Å²) in [7, 11) is 3.03. The minimum atomic E-state index is -4.65. The molecule has 0 aliphatic heterocycles. The van der Waals surface area contributed by atoms with Crippen LogP contribution in [-0.4, -0.2) is 26.0 Å². The van der Waals surface area contributed by atoms with Crippen molar-refractivity contribution in [3.05, 3.63) is 70.5 Å². The maximum atomic E-state index is 13.2. The van der Waals surface area contributed by atoms with E-state index >= 15 is 0 Å². The first-order chi connectivity index (χ1) is 13.2. The second-order valence-corrected chi connectivity index (χ2v) is 5.85. The summed E-state index contributed by atoms with van der Waals surface area (Å²) in [4.78, 5) is 15.5. The van der Waals surface area contributed by atoms with Gasteiger partial charge < -0.3 is 16.0 Å². The monoisotopic (exact) mass is 524 g/mol. The Hall–Kier alpha value is -2.37. The molecule has 0 heterocycles. The summed E-state index contributed by atoms with van der Waals surface area (Å²) in [6, 6.07) is 9.40. The fourth-order valence-electron chi connectivity index (χ4n) is 2.47. The van der Waals surface area contributed by atoms with Crippen molar-refractivity contribution in [3.8, 4) is 0 Å². The molecular weight excluding hydrogens is 503 g/mol. The lowest BCUT2D eigenvalue weighted by molar-refractivity contribution is -0.138. The van der Waals surface area contributed by atoms with E-state index in [9.17, 15) is 22.4 Å². The van der Waals surface area contributed by atoms with Gasteiger partial charge in [0.05, 0.1) is 5.56 Å². The van der Waals surface area contributed by atoms with Gasteiger partial charge in [-0.2, -0.15) is 13.2 Å². The summed E-state index contributed by atoms with van der Waals surface area (Å²) in [6.45, 7) is 0.174. The van der Waals surface area contributed by atoms with Crippen molar-refractivity contribution in [1.29, 1.82) is 0 Å². The van der Waals surface area contributed by atoms with Crippen LogP contribution in [0, 0.1) is 5.82 Å². The van der Waals surface area contributed by atoms with E-state index in [4.69, 9.17) is 0 Å². The van der Waals surface area contributed by atoms with Crippen LogP contribution in [0.2, 0.25) is 0 Å². The van der Waals surface area contributed by atoms with Gasteiger partial charge in [-0.15, -0.1) is 24.0 Å². The molecule has 0 unspecified atom stereocenters. The largest absolute Gasteiger partial charge is 0.416 e. The summed E-state index contributed by atoms with van der Waals surface area (Å²) in [5.74, 6) is -0.858. The van der Waals surface area contributed by atoms with Crippen molar-refractivity contribution in [1.82, 2.24) is 16.0 Å². The van der Waals surface area contributed by atoms with Crippen LogP contribution in [0.25, 0.3) is 0 Å². The van der Waals surface area contributed by atoms with Crippen molar-refractivity contribution < 1.29 is 22.4 Å². The topological polar surface area (TPSA) is 65.5 Å². The molecule has 0 aliphatic carbocycles. The standard InChI is InChI=1S/C19H20F4N4O.HI/c1-24-17(28)13-5-3-12(4-6-13)10-26-18(25-2)27-11-14-7-8-15(20)9-16(14)19(21,22)23;/h3-9H,10-11H2,1-2H3,(H,24,28)(H2,25,26,27);1H. The highest BCUT2D eigenvalue weighted by atomic mass is 127. The predicted molar refractivity (Wildman–Crippen MR) is 114 cm³/mol. The molecule has 0 saturated heterocycles. The Morgan fingerprint density at radius 2 is 1.66 bits per heavy atom. The van der Waals surface area contributed by atoms with Gasteiger partial charge in [0.15, 0.2) is 5.96 Å². The van der Waals surface area contributed by atoms with Gasteiger partial charge in [-0.3, -0.25) is 9.79 Å². The number of amides is 1. The Morgan fingerprint density at radius 1 is 1.03 bits per heavy atom. The van der Waals surface area contributed by atoms with Gasteiger partial charge in [0.1, 0.15) is 5.82 Å². The molecule has 1 amide bonds.